The SMILES string of the molecule is CN=C(NCC1(c2cccc(Br)c2)CCC1)N1CCN(Cc2ccon2)CC1. The zero-order chi connectivity index (χ0) is 19.4. The topological polar surface area (TPSA) is 56.9 Å². The minimum atomic E-state index is 0.231. The van der Waals surface area contributed by atoms with Gasteiger partial charge in [0.15, 0.2) is 5.96 Å². The molecule has 4 rings (SSSR count). The van der Waals surface area contributed by atoms with Crippen LogP contribution >= 0.6 is 15.9 Å². The fourth-order valence-corrected chi connectivity index (χ4v) is 4.64. The van der Waals surface area contributed by atoms with Gasteiger partial charge in [-0.2, -0.15) is 0 Å². The van der Waals surface area contributed by atoms with Gasteiger partial charge in [-0.05, 0) is 30.5 Å². The predicted molar refractivity (Wildman–Crippen MR) is 114 cm³/mol. The van der Waals surface area contributed by atoms with Crippen molar-refractivity contribution in [3.63, 3.8) is 0 Å². The number of hydrogen-bond donors (Lipinski definition) is 1. The Labute approximate surface area is 175 Å². The zero-order valence-electron chi connectivity index (χ0n) is 16.4. The standard InChI is InChI=1S/C21H28BrN5O/c1-23-20(27-11-9-26(10-12-27)15-19-6-13-28-25-19)24-16-21(7-3-8-21)17-4-2-5-18(22)14-17/h2,4-6,13-14H,3,7-12,15-16H2,1H3,(H,23,24). The quantitative estimate of drug-likeness (QED) is 0.565. The fraction of sp³-hybridized carbons (Fsp3) is 0.524. The minimum Gasteiger partial charge on any atom is -0.364 e. The van der Waals surface area contributed by atoms with E-state index in [1.807, 2.05) is 13.1 Å². The third-order valence-corrected chi connectivity index (χ3v) is 6.59. The Morgan fingerprint density at radius 3 is 2.68 bits per heavy atom. The molecule has 1 aromatic heterocycles. The summed E-state index contributed by atoms with van der Waals surface area (Å²) in [4.78, 5) is 9.34. The maximum atomic E-state index is 4.94. The van der Waals surface area contributed by atoms with E-state index in [0.29, 0.717) is 0 Å². The Bertz CT molecular complexity index is 795. The summed E-state index contributed by atoms with van der Waals surface area (Å²) in [5, 5.41) is 7.69. The second-order valence-corrected chi connectivity index (χ2v) is 8.71. The average Bonchev–Trinajstić information content (AvgIpc) is 3.18. The maximum absolute atomic E-state index is 4.94. The average molecular weight is 446 g/mol. The van der Waals surface area contributed by atoms with Gasteiger partial charge in [-0.1, -0.05) is 39.6 Å². The highest BCUT2D eigenvalue weighted by molar-refractivity contribution is 9.10. The molecule has 2 aromatic rings. The van der Waals surface area contributed by atoms with E-state index in [0.717, 1.165) is 55.4 Å². The zero-order valence-corrected chi connectivity index (χ0v) is 18.0. The molecule has 0 radical (unpaired) electrons. The summed E-state index contributed by atoms with van der Waals surface area (Å²) < 4.78 is 6.09. The second-order valence-electron chi connectivity index (χ2n) is 7.80. The highest BCUT2D eigenvalue weighted by Crippen LogP contribution is 2.43. The van der Waals surface area contributed by atoms with E-state index in [-0.39, 0.29) is 5.41 Å². The molecule has 150 valence electrons. The van der Waals surface area contributed by atoms with E-state index in [1.54, 1.807) is 6.26 Å². The Morgan fingerprint density at radius 2 is 2.07 bits per heavy atom. The lowest BCUT2D eigenvalue weighted by Crippen LogP contribution is -2.55. The van der Waals surface area contributed by atoms with E-state index in [4.69, 9.17) is 4.52 Å². The van der Waals surface area contributed by atoms with E-state index < -0.39 is 0 Å². The molecule has 2 aliphatic rings. The first-order valence-electron chi connectivity index (χ1n) is 10.0. The van der Waals surface area contributed by atoms with Gasteiger partial charge in [-0.3, -0.25) is 9.89 Å². The van der Waals surface area contributed by atoms with Crippen LogP contribution in [0.15, 0.2) is 50.6 Å². The summed E-state index contributed by atoms with van der Waals surface area (Å²) in [6.45, 7) is 5.75. The van der Waals surface area contributed by atoms with E-state index in [2.05, 4.69) is 65.5 Å². The van der Waals surface area contributed by atoms with Gasteiger partial charge in [0.25, 0.3) is 0 Å². The van der Waals surface area contributed by atoms with Crippen LogP contribution in [-0.4, -0.2) is 60.7 Å². The minimum absolute atomic E-state index is 0.231. The molecule has 7 heteroatoms. The predicted octanol–water partition coefficient (Wildman–Crippen LogP) is 3.25. The van der Waals surface area contributed by atoms with Gasteiger partial charge in [0.2, 0.25) is 0 Å². The molecule has 28 heavy (non-hydrogen) atoms. The largest absolute Gasteiger partial charge is 0.364 e. The first-order valence-corrected chi connectivity index (χ1v) is 10.8. The number of nitrogens with zero attached hydrogens (tertiary/aromatic N) is 4. The third-order valence-electron chi connectivity index (χ3n) is 6.09. The van der Waals surface area contributed by atoms with Gasteiger partial charge >= 0.3 is 0 Å². The second kappa shape index (κ2) is 8.66. The molecule has 0 atom stereocenters. The smallest absolute Gasteiger partial charge is 0.193 e. The number of piperazine rings is 1. The molecule has 2 fully saturated rings. The van der Waals surface area contributed by atoms with Crippen molar-refractivity contribution in [3.05, 3.63) is 52.3 Å². The van der Waals surface area contributed by atoms with E-state index >= 15 is 0 Å². The summed E-state index contributed by atoms with van der Waals surface area (Å²) >= 11 is 3.62. The molecule has 1 saturated carbocycles. The summed E-state index contributed by atoms with van der Waals surface area (Å²) in [6.07, 6.45) is 5.41. The number of rotatable bonds is 5. The van der Waals surface area contributed by atoms with Crippen LogP contribution in [0, 0.1) is 0 Å². The highest BCUT2D eigenvalue weighted by atomic mass is 79.9. The number of guanidine groups is 1. The maximum Gasteiger partial charge on any atom is 0.193 e. The van der Waals surface area contributed by atoms with Crippen LogP contribution in [-0.2, 0) is 12.0 Å². The molecule has 1 N–H and O–H groups in total. The lowest BCUT2D eigenvalue weighted by Gasteiger charge is -2.44. The molecular formula is C21H28BrN5O. The number of aliphatic imine (C=N–C) groups is 1. The van der Waals surface area contributed by atoms with Gasteiger partial charge in [0, 0.05) is 62.3 Å². The number of aromatic nitrogens is 1. The molecule has 1 saturated heterocycles. The summed E-state index contributed by atoms with van der Waals surface area (Å²) in [5.74, 6) is 1.02. The lowest BCUT2D eigenvalue weighted by molar-refractivity contribution is 0.167. The van der Waals surface area contributed by atoms with Crippen LogP contribution in [0.3, 0.4) is 0 Å². The first kappa shape index (κ1) is 19.5. The van der Waals surface area contributed by atoms with Crippen molar-refractivity contribution in [1.82, 2.24) is 20.3 Å². The van der Waals surface area contributed by atoms with Gasteiger partial charge in [-0.25, -0.2) is 0 Å². The van der Waals surface area contributed by atoms with Crippen LogP contribution in [0.1, 0.15) is 30.5 Å². The number of nitrogens with one attached hydrogen (secondary N) is 1. The van der Waals surface area contributed by atoms with Gasteiger partial charge < -0.3 is 14.7 Å². The van der Waals surface area contributed by atoms with Crippen molar-refractivity contribution in [1.29, 1.82) is 0 Å². The number of benzene rings is 1. The molecular weight excluding hydrogens is 418 g/mol. The monoisotopic (exact) mass is 445 g/mol. The fourth-order valence-electron chi connectivity index (χ4n) is 4.24. The third kappa shape index (κ3) is 4.25. The lowest BCUT2D eigenvalue weighted by atomic mass is 9.64. The Kier molecular flexibility index (Phi) is 6.01. The normalized spacial score (nSPS) is 20.1. The number of hydrogen-bond acceptors (Lipinski definition) is 4. The molecule has 1 aliphatic carbocycles. The van der Waals surface area contributed by atoms with Gasteiger partial charge in [-0.15, -0.1) is 0 Å². The van der Waals surface area contributed by atoms with Crippen molar-refractivity contribution in [2.24, 2.45) is 4.99 Å². The Morgan fingerprint density at radius 1 is 1.25 bits per heavy atom. The molecule has 0 unspecified atom stereocenters. The van der Waals surface area contributed by atoms with E-state index in [1.165, 1.54) is 24.8 Å². The molecule has 2 heterocycles. The summed E-state index contributed by atoms with van der Waals surface area (Å²) in [6, 6.07) is 10.7. The molecule has 0 spiro atoms. The van der Waals surface area contributed by atoms with Crippen molar-refractivity contribution in [2.45, 2.75) is 31.2 Å². The Hall–Kier alpha value is -1.86. The van der Waals surface area contributed by atoms with Crippen LogP contribution in [0.5, 0.6) is 0 Å². The van der Waals surface area contributed by atoms with Crippen molar-refractivity contribution < 1.29 is 4.52 Å². The summed E-state index contributed by atoms with van der Waals surface area (Å²) in [5.41, 5.74) is 2.65. The van der Waals surface area contributed by atoms with E-state index in [9.17, 15) is 0 Å². The van der Waals surface area contributed by atoms with Crippen LogP contribution in [0.4, 0.5) is 0 Å². The highest BCUT2D eigenvalue weighted by Gasteiger charge is 2.39. The van der Waals surface area contributed by atoms with Crippen LogP contribution < -0.4 is 5.32 Å². The molecule has 0 bridgehead atoms. The van der Waals surface area contributed by atoms with Gasteiger partial charge in [0.1, 0.15) is 6.26 Å². The van der Waals surface area contributed by atoms with Crippen LogP contribution in [0.25, 0.3) is 0 Å². The van der Waals surface area contributed by atoms with Gasteiger partial charge in [0.05, 0.1) is 5.69 Å². The Balaban J connectivity index is 1.32. The molecule has 6 nitrogen and oxygen atoms in total. The van der Waals surface area contributed by atoms with Crippen LogP contribution in [0.2, 0.25) is 0 Å². The first-order chi connectivity index (χ1) is 13.7. The summed E-state index contributed by atoms with van der Waals surface area (Å²) in [7, 11) is 1.89. The van der Waals surface area contributed by atoms with Crippen molar-refractivity contribution >= 4 is 21.9 Å². The molecule has 0 amide bonds. The van der Waals surface area contributed by atoms with Crippen molar-refractivity contribution in [3.8, 4) is 0 Å². The molecule has 1 aliphatic heterocycles. The molecule has 1 aromatic carbocycles. The number of halogens is 1. The van der Waals surface area contributed by atoms with Crippen molar-refractivity contribution in [2.75, 3.05) is 39.8 Å².